The number of rotatable bonds is 10. The van der Waals surface area contributed by atoms with E-state index in [2.05, 4.69) is 29.1 Å². The van der Waals surface area contributed by atoms with E-state index in [1.165, 1.54) is 22.7 Å². The number of ether oxygens (including phenoxy) is 1. The summed E-state index contributed by atoms with van der Waals surface area (Å²) in [4.78, 5) is 45.6. The van der Waals surface area contributed by atoms with E-state index in [1.54, 1.807) is 35.2 Å². The lowest BCUT2D eigenvalue weighted by Crippen LogP contribution is -2.56. The lowest BCUT2D eigenvalue weighted by atomic mass is 9.71. The molecular formula is C30H30BrClN2O5S. The van der Waals surface area contributed by atoms with Crippen molar-refractivity contribution in [3.05, 3.63) is 90.5 Å². The Labute approximate surface area is 251 Å². The third-order valence-corrected chi connectivity index (χ3v) is 11.5. The van der Waals surface area contributed by atoms with Crippen molar-refractivity contribution in [2.45, 2.75) is 33.3 Å². The maximum atomic E-state index is 14.7. The number of amides is 2. The van der Waals surface area contributed by atoms with Crippen LogP contribution in [0.1, 0.15) is 18.0 Å². The lowest BCUT2D eigenvalue weighted by Gasteiger charge is -2.40. The Morgan fingerprint density at radius 1 is 1.20 bits per heavy atom. The monoisotopic (exact) mass is 644 g/mol. The van der Waals surface area contributed by atoms with Crippen molar-refractivity contribution in [2.75, 3.05) is 24.7 Å². The molecular weight excluding hydrogens is 616 g/mol. The van der Waals surface area contributed by atoms with Crippen molar-refractivity contribution in [3.8, 4) is 0 Å². The summed E-state index contributed by atoms with van der Waals surface area (Å²) in [6, 6.07) is 14.3. The Balaban J connectivity index is 1.65. The van der Waals surface area contributed by atoms with Crippen LogP contribution in [0, 0.1) is 11.8 Å². The second kappa shape index (κ2) is 11.7. The number of esters is 1. The van der Waals surface area contributed by atoms with Crippen molar-refractivity contribution in [3.63, 3.8) is 0 Å². The average molecular weight is 646 g/mol. The molecule has 3 aliphatic heterocycles. The molecule has 3 fully saturated rings. The van der Waals surface area contributed by atoms with Crippen molar-refractivity contribution >= 4 is 62.8 Å². The number of carbonyl (C=O) groups is 3. The van der Waals surface area contributed by atoms with Crippen LogP contribution in [0.15, 0.2) is 79.9 Å². The van der Waals surface area contributed by atoms with Crippen molar-refractivity contribution in [1.82, 2.24) is 4.90 Å². The molecule has 3 saturated heterocycles. The normalized spacial score (nSPS) is 29.1. The Kier molecular flexibility index (Phi) is 8.47. The molecule has 10 heteroatoms. The molecule has 2 bridgehead atoms. The van der Waals surface area contributed by atoms with E-state index in [0.29, 0.717) is 22.7 Å². The summed E-state index contributed by atoms with van der Waals surface area (Å²) in [5, 5.41) is 10.9. The molecule has 7 nitrogen and oxygen atoms in total. The van der Waals surface area contributed by atoms with Crippen molar-refractivity contribution in [1.29, 1.82) is 0 Å². The smallest absolute Gasteiger partial charge is 0.311 e. The number of aliphatic hydroxyl groups is 1. The average Bonchev–Trinajstić information content (AvgIpc) is 3.55. The minimum Gasteiger partial charge on any atom is -0.461 e. The van der Waals surface area contributed by atoms with Gasteiger partial charge in [0.15, 0.2) is 0 Å². The molecule has 0 aromatic heterocycles. The van der Waals surface area contributed by atoms with Crippen LogP contribution in [-0.4, -0.2) is 68.4 Å². The molecule has 2 amide bonds. The van der Waals surface area contributed by atoms with Gasteiger partial charge in [-0.1, -0.05) is 76.6 Å². The van der Waals surface area contributed by atoms with Gasteiger partial charge in [-0.2, -0.15) is 0 Å². The van der Waals surface area contributed by atoms with Crippen molar-refractivity contribution in [2.24, 2.45) is 11.8 Å². The number of hydrogen-bond acceptors (Lipinski definition) is 6. The molecule has 2 aromatic carbocycles. The number of alkyl halides is 1. The highest BCUT2D eigenvalue weighted by molar-refractivity contribution is 9.09. The number of benzene rings is 2. The maximum Gasteiger partial charge on any atom is 0.311 e. The van der Waals surface area contributed by atoms with Gasteiger partial charge in [-0.3, -0.25) is 14.4 Å². The van der Waals surface area contributed by atoms with Gasteiger partial charge in [-0.05, 0) is 36.2 Å². The second-order valence-corrected chi connectivity index (χ2v) is 13.3. The van der Waals surface area contributed by atoms with E-state index < -0.39 is 34.6 Å². The molecule has 7 atom stereocenters. The molecule has 40 heavy (non-hydrogen) atoms. The fourth-order valence-corrected chi connectivity index (χ4v) is 10.1. The predicted octanol–water partition coefficient (Wildman–Crippen LogP) is 4.79. The molecule has 3 aliphatic rings. The molecule has 0 radical (unpaired) electrons. The zero-order valence-corrected chi connectivity index (χ0v) is 24.9. The van der Waals surface area contributed by atoms with Crippen LogP contribution in [0.2, 0.25) is 5.02 Å². The Morgan fingerprint density at radius 2 is 1.90 bits per heavy atom. The van der Waals surface area contributed by atoms with E-state index >= 15 is 0 Å². The summed E-state index contributed by atoms with van der Waals surface area (Å²) in [7, 11) is 0. The number of carbonyl (C=O) groups excluding carboxylic acids is 3. The molecule has 0 aliphatic carbocycles. The summed E-state index contributed by atoms with van der Waals surface area (Å²) in [6.45, 7) is 7.33. The summed E-state index contributed by atoms with van der Waals surface area (Å²) >= 11 is 11.4. The summed E-state index contributed by atoms with van der Waals surface area (Å²) in [5.41, 5.74) is 1.31. The van der Waals surface area contributed by atoms with E-state index in [4.69, 9.17) is 16.3 Å². The predicted molar refractivity (Wildman–Crippen MR) is 160 cm³/mol. The first-order valence-electron chi connectivity index (χ1n) is 13.0. The van der Waals surface area contributed by atoms with Gasteiger partial charge in [0.05, 0.1) is 29.2 Å². The first kappa shape index (κ1) is 28.9. The van der Waals surface area contributed by atoms with Crippen LogP contribution in [0.25, 0.3) is 0 Å². The first-order valence-corrected chi connectivity index (χ1v) is 15.2. The zero-order chi connectivity index (χ0) is 28.6. The van der Waals surface area contributed by atoms with E-state index in [1.807, 2.05) is 30.3 Å². The minimum absolute atomic E-state index is 0.0343. The number of thioether (sulfide) groups is 1. The number of nitrogens with zero attached hydrogens (tertiary/aromatic N) is 2. The minimum atomic E-state index is -0.953. The topological polar surface area (TPSA) is 87.1 Å². The summed E-state index contributed by atoms with van der Waals surface area (Å²) in [6.07, 6.45) is 3.63. The van der Waals surface area contributed by atoms with Gasteiger partial charge < -0.3 is 19.6 Å². The van der Waals surface area contributed by atoms with Crippen molar-refractivity contribution < 1.29 is 24.2 Å². The maximum absolute atomic E-state index is 14.7. The molecule has 1 spiro atoms. The van der Waals surface area contributed by atoms with Crippen LogP contribution >= 0.6 is 39.3 Å². The number of aliphatic hydroxyl groups excluding tert-OH is 1. The quantitative estimate of drug-likeness (QED) is 0.227. The fraction of sp³-hybridized carbons (Fsp3) is 0.367. The Bertz CT molecular complexity index is 1310. The molecule has 3 heterocycles. The Morgan fingerprint density at radius 3 is 2.52 bits per heavy atom. The number of hydrogen-bond donors (Lipinski definition) is 1. The number of halogens is 2. The van der Waals surface area contributed by atoms with Gasteiger partial charge in [0.25, 0.3) is 5.91 Å². The lowest BCUT2D eigenvalue weighted by molar-refractivity contribution is -0.153. The van der Waals surface area contributed by atoms with E-state index in [0.717, 1.165) is 0 Å². The van der Waals surface area contributed by atoms with Crippen LogP contribution in [-0.2, 0) is 19.1 Å². The molecule has 210 valence electrons. The largest absolute Gasteiger partial charge is 0.461 e. The summed E-state index contributed by atoms with van der Waals surface area (Å²) in [5.74, 6) is -2.63. The fourth-order valence-electron chi connectivity index (χ4n) is 6.44. The van der Waals surface area contributed by atoms with Gasteiger partial charge in [0.2, 0.25) is 5.91 Å². The molecule has 3 unspecified atom stereocenters. The third kappa shape index (κ3) is 4.70. The number of fused-ring (bicyclic) bond motifs is 1. The van der Waals surface area contributed by atoms with Crippen LogP contribution in [0.5, 0.6) is 0 Å². The molecule has 2 aromatic rings. The number of likely N-dealkylation sites (tertiary alicyclic amines) is 1. The highest BCUT2D eigenvalue weighted by atomic mass is 79.9. The van der Waals surface area contributed by atoms with Gasteiger partial charge >= 0.3 is 5.97 Å². The van der Waals surface area contributed by atoms with Gasteiger partial charge in [-0.15, -0.1) is 18.3 Å². The molecule has 1 N–H and O–H groups in total. The van der Waals surface area contributed by atoms with Gasteiger partial charge in [0, 0.05) is 27.3 Å². The van der Waals surface area contributed by atoms with Gasteiger partial charge in [-0.25, -0.2) is 0 Å². The molecule has 0 saturated carbocycles. The Hall–Kier alpha value is -2.59. The van der Waals surface area contributed by atoms with Gasteiger partial charge in [0.1, 0.15) is 12.6 Å². The van der Waals surface area contributed by atoms with E-state index in [9.17, 15) is 19.5 Å². The number of anilines is 1. The summed E-state index contributed by atoms with van der Waals surface area (Å²) < 4.78 is 4.56. The standard InChI is InChI=1S/C30H30BrClN2O5S/c1-3-14-33(20-12-10-19(32)11-13-20)28(37)26-30-16-21(31)25(40-30)23(29(38)39-15-4-2)24(30)27(36)34(26)22(17-35)18-8-6-5-7-9-18/h3-13,21-26,35H,1-2,14-17H2/t21?,22-,23+,24+,25+,26?,30?/m1/s1. The highest BCUT2D eigenvalue weighted by Gasteiger charge is 2.76. The molecule has 5 rings (SSSR count). The third-order valence-electron chi connectivity index (χ3n) is 7.99. The SMILES string of the molecule is C=CCOC(=O)[C@H]1[C@H]2C(=O)N([C@H](CO)c3ccccc3)C(C(=O)N(CC=C)c3ccc(Cl)cc3)C23CC(Br)[C@@H]1S3. The van der Waals surface area contributed by atoms with Crippen LogP contribution < -0.4 is 4.90 Å². The van der Waals surface area contributed by atoms with E-state index in [-0.39, 0.29) is 41.6 Å². The zero-order valence-electron chi connectivity index (χ0n) is 21.7. The highest BCUT2D eigenvalue weighted by Crippen LogP contribution is 2.68. The van der Waals surface area contributed by atoms with Crippen LogP contribution in [0.3, 0.4) is 0 Å². The van der Waals surface area contributed by atoms with Crippen LogP contribution in [0.4, 0.5) is 5.69 Å². The second-order valence-electron chi connectivity index (χ2n) is 10.2. The first-order chi connectivity index (χ1) is 19.3.